The number of aromatic nitrogens is 1. The summed E-state index contributed by atoms with van der Waals surface area (Å²) in [5.41, 5.74) is 2.85. The SMILES string of the molecule is CC(C)[C@@H]1NC(=O)C(C)(C(C)(C)O[S+](C)C(C)(C)C)/C=C/c2ccc3ccc(nc3c2)[C@@H](C)OC(=O)[C@@H]2CCCN(N2)C(=O)[C@H](C)NC1=O. The van der Waals surface area contributed by atoms with Crippen molar-refractivity contribution in [3.8, 4) is 0 Å². The Morgan fingerprint density at radius 3 is 2.37 bits per heavy atom. The number of nitrogens with one attached hydrogen (secondary N) is 3. The molecule has 2 aromatic rings. The Morgan fingerprint density at radius 1 is 1.04 bits per heavy atom. The van der Waals surface area contributed by atoms with Gasteiger partial charge in [-0.15, -0.1) is 0 Å². The van der Waals surface area contributed by atoms with Crippen LogP contribution < -0.4 is 16.1 Å². The third-order valence-electron chi connectivity index (χ3n) is 9.68. The lowest BCUT2D eigenvalue weighted by molar-refractivity contribution is -0.157. The third kappa shape index (κ3) is 8.64. The number of nitrogens with zero attached hydrogens (tertiary/aromatic N) is 2. The van der Waals surface area contributed by atoms with Gasteiger partial charge in [0.15, 0.2) is 4.75 Å². The summed E-state index contributed by atoms with van der Waals surface area (Å²) in [7, 11) is 0. The fourth-order valence-electron chi connectivity index (χ4n) is 5.67. The molecule has 2 aliphatic heterocycles. The molecular weight excluding hydrogens is 643 g/mol. The third-order valence-corrected chi connectivity index (χ3v) is 12.1. The number of pyridine rings is 1. The van der Waals surface area contributed by atoms with Gasteiger partial charge in [-0.05, 0) is 91.8 Å². The maximum absolute atomic E-state index is 14.5. The van der Waals surface area contributed by atoms with Gasteiger partial charge in [-0.1, -0.05) is 44.2 Å². The van der Waals surface area contributed by atoms with Crippen LogP contribution in [0.5, 0.6) is 0 Å². The summed E-state index contributed by atoms with van der Waals surface area (Å²) in [4.78, 5) is 59.8. The number of carbonyl (C=O) groups excluding carboxylic acids is 4. The van der Waals surface area contributed by atoms with Gasteiger partial charge in [0.05, 0.1) is 16.6 Å². The van der Waals surface area contributed by atoms with Crippen molar-refractivity contribution in [2.45, 2.75) is 117 Å². The molecule has 3 amide bonds. The largest absolute Gasteiger partial charge is 0.455 e. The second-order valence-electron chi connectivity index (χ2n) is 15.2. The van der Waals surface area contributed by atoms with Crippen molar-refractivity contribution < 1.29 is 28.1 Å². The Labute approximate surface area is 293 Å². The van der Waals surface area contributed by atoms with E-state index in [-0.39, 0.29) is 16.6 Å². The first kappa shape index (κ1) is 38.3. The van der Waals surface area contributed by atoms with Crippen molar-refractivity contribution in [3.63, 3.8) is 0 Å². The number of hydrogen-bond donors (Lipinski definition) is 3. The summed E-state index contributed by atoms with van der Waals surface area (Å²) in [6, 6.07) is 7.01. The number of hydrazine groups is 1. The first-order valence-corrected chi connectivity index (χ1v) is 18.6. The lowest BCUT2D eigenvalue weighted by Gasteiger charge is -2.40. The van der Waals surface area contributed by atoms with Gasteiger partial charge in [-0.2, -0.15) is 4.18 Å². The van der Waals surface area contributed by atoms with E-state index < -0.39 is 64.2 Å². The maximum Gasteiger partial charge on any atom is 0.325 e. The molecule has 0 saturated carbocycles. The zero-order chi connectivity index (χ0) is 36.5. The van der Waals surface area contributed by atoms with Crippen LogP contribution in [0.15, 0.2) is 36.4 Å². The molecule has 4 rings (SSSR count). The molecule has 12 heteroatoms. The quantitative estimate of drug-likeness (QED) is 0.307. The molecule has 11 nitrogen and oxygen atoms in total. The number of benzene rings is 1. The average molecular weight is 697 g/mol. The summed E-state index contributed by atoms with van der Waals surface area (Å²) >= 11 is -0.527. The standard InChI is InChI=1S/C37H53N5O6S/c1-22(2)30-31(43)38-23(3)32(44)42-20-12-13-28(41-42)33(45)47-24(4)27-17-16-26-15-14-25(21-29(26)39-27)18-19-37(10,34(46)40-30)36(8,9)48-49(11)35(5,6)7/h14-19,21-24,28,30,41H,12-13,20H2,1-11H3,(H-,38,40,43,46)/p+1/b19-18+/t23-,24+,28-,30-,37?,49?/m0/s1. The molecule has 0 radical (unpaired) electrons. The molecule has 268 valence electrons. The average Bonchev–Trinajstić information content (AvgIpc) is 3.03. The summed E-state index contributed by atoms with van der Waals surface area (Å²) in [5, 5.41) is 8.09. The minimum atomic E-state index is -1.24. The minimum Gasteiger partial charge on any atom is -0.455 e. The van der Waals surface area contributed by atoms with Crippen LogP contribution >= 0.6 is 0 Å². The van der Waals surface area contributed by atoms with Crippen LogP contribution in [0.1, 0.15) is 99.4 Å². The number of fused-ring (bicyclic) bond motifs is 4. The van der Waals surface area contributed by atoms with Gasteiger partial charge in [-0.25, -0.2) is 10.4 Å². The van der Waals surface area contributed by atoms with E-state index in [4.69, 9.17) is 13.9 Å². The summed E-state index contributed by atoms with van der Waals surface area (Å²) in [5.74, 6) is -2.05. The Morgan fingerprint density at radius 2 is 1.71 bits per heavy atom. The van der Waals surface area contributed by atoms with Gasteiger partial charge >= 0.3 is 5.97 Å². The van der Waals surface area contributed by atoms with E-state index >= 15 is 0 Å². The second kappa shape index (κ2) is 14.8. The molecule has 1 fully saturated rings. The molecule has 49 heavy (non-hydrogen) atoms. The highest BCUT2D eigenvalue weighted by Crippen LogP contribution is 2.40. The molecular formula is C37H54N5O6S+. The predicted molar refractivity (Wildman–Crippen MR) is 194 cm³/mol. The van der Waals surface area contributed by atoms with Crippen LogP contribution in [0.25, 0.3) is 17.0 Å². The smallest absolute Gasteiger partial charge is 0.325 e. The molecule has 1 aromatic heterocycles. The summed E-state index contributed by atoms with van der Waals surface area (Å²) in [6.45, 7) is 19.3. The molecule has 2 aliphatic rings. The number of ether oxygens (including phenoxy) is 1. The van der Waals surface area contributed by atoms with Gasteiger partial charge in [0.25, 0.3) is 5.91 Å². The van der Waals surface area contributed by atoms with E-state index in [1.165, 1.54) is 5.01 Å². The fourth-order valence-corrected chi connectivity index (χ4v) is 6.72. The zero-order valence-electron chi connectivity index (χ0n) is 30.8. The van der Waals surface area contributed by atoms with Crippen molar-refractivity contribution in [1.82, 2.24) is 26.1 Å². The van der Waals surface area contributed by atoms with Gasteiger partial charge in [-0.3, -0.25) is 24.2 Å². The van der Waals surface area contributed by atoms with E-state index in [9.17, 15) is 19.2 Å². The lowest BCUT2D eigenvalue weighted by atomic mass is 9.73. The second-order valence-corrected chi connectivity index (χ2v) is 17.5. The molecule has 0 spiro atoms. The number of cyclic esters (lactones) is 1. The number of carbonyl (C=O) groups is 4. The Balaban J connectivity index is 1.82. The summed E-state index contributed by atoms with van der Waals surface area (Å²) in [6.07, 6.45) is 6.16. The van der Waals surface area contributed by atoms with Gasteiger partial charge in [0.1, 0.15) is 47.3 Å². The highest BCUT2D eigenvalue weighted by Gasteiger charge is 2.53. The Hall–Kier alpha value is -3.48. The van der Waals surface area contributed by atoms with Crippen molar-refractivity contribution in [1.29, 1.82) is 0 Å². The number of hydrogen-bond acceptors (Lipinski definition) is 8. The molecule has 3 N–H and O–H groups in total. The van der Waals surface area contributed by atoms with Crippen LogP contribution in [-0.2, 0) is 39.3 Å². The van der Waals surface area contributed by atoms with Crippen LogP contribution in [-0.4, -0.2) is 75.0 Å². The van der Waals surface area contributed by atoms with Gasteiger partial charge in [0, 0.05) is 11.9 Å². The van der Waals surface area contributed by atoms with Gasteiger partial charge < -0.3 is 15.4 Å². The molecule has 1 saturated heterocycles. The number of esters is 1. The fraction of sp³-hybridized carbons (Fsp3) is 0.595. The minimum absolute atomic E-state index is 0.167. The highest BCUT2D eigenvalue weighted by molar-refractivity contribution is 7.93. The molecule has 1 aromatic carbocycles. The monoisotopic (exact) mass is 696 g/mol. The topological polar surface area (TPSA) is 139 Å². The van der Waals surface area contributed by atoms with Crippen molar-refractivity contribution in [2.75, 3.05) is 12.8 Å². The highest BCUT2D eigenvalue weighted by atomic mass is 32.2. The van der Waals surface area contributed by atoms with E-state index in [0.717, 1.165) is 10.9 Å². The van der Waals surface area contributed by atoms with E-state index in [1.54, 1.807) is 13.8 Å². The predicted octanol–water partition coefficient (Wildman–Crippen LogP) is 4.77. The van der Waals surface area contributed by atoms with Crippen molar-refractivity contribution in [2.24, 2.45) is 11.3 Å². The van der Waals surface area contributed by atoms with Crippen LogP contribution in [0, 0.1) is 11.3 Å². The molecule has 2 unspecified atom stereocenters. The van der Waals surface area contributed by atoms with Crippen LogP contribution in [0.2, 0.25) is 0 Å². The molecule has 3 heterocycles. The van der Waals surface area contributed by atoms with Crippen molar-refractivity contribution in [3.05, 3.63) is 47.7 Å². The molecule has 0 aliphatic carbocycles. The van der Waals surface area contributed by atoms with E-state index in [2.05, 4.69) is 36.8 Å². The normalized spacial score (nSPS) is 27.8. The van der Waals surface area contributed by atoms with Crippen molar-refractivity contribution >= 4 is 51.8 Å². The summed E-state index contributed by atoms with van der Waals surface area (Å²) < 4.78 is 12.3. The van der Waals surface area contributed by atoms with Crippen LogP contribution in [0.3, 0.4) is 0 Å². The van der Waals surface area contributed by atoms with Gasteiger partial charge in [0.2, 0.25) is 11.8 Å². The Kier molecular flexibility index (Phi) is 11.6. The molecule has 5 bridgehead atoms. The van der Waals surface area contributed by atoms with Crippen LogP contribution in [0.4, 0.5) is 0 Å². The first-order valence-electron chi connectivity index (χ1n) is 17.1. The maximum atomic E-state index is 14.5. The number of amides is 3. The van der Waals surface area contributed by atoms with E-state index in [0.29, 0.717) is 30.6 Å². The Bertz CT molecular complexity index is 1600. The van der Waals surface area contributed by atoms with E-state index in [1.807, 2.05) is 83.4 Å². The first-order chi connectivity index (χ1) is 22.7. The lowest BCUT2D eigenvalue weighted by Crippen LogP contribution is -2.62. The molecule has 6 atom stereocenters. The number of rotatable bonds is 4. The zero-order valence-corrected chi connectivity index (χ0v) is 31.6.